The van der Waals surface area contributed by atoms with Gasteiger partial charge in [-0.1, -0.05) is 117 Å². The quantitative estimate of drug-likeness (QED) is 0.0960. The number of esters is 1. The van der Waals surface area contributed by atoms with E-state index < -0.39 is 26.4 Å². The number of ether oxygens (including phenoxy) is 1. The summed E-state index contributed by atoms with van der Waals surface area (Å²) in [7, 11) is 7.36. The number of nitrogens with two attached hydrogens (primary N) is 1. The number of hydrogen-bond donors (Lipinski definition) is 2. The standard InChI is InChI=1S/C13H11Cl2NO3.C9H9Cl2NO.C8H5Cl3O.C8H6Cl2O2.Cl2OS.2ClH/c1-2-18-13(17)12-11(19-7-16-12)6-8-3-4-9(14)10(15)5-8;10-8-2-1-6(4-9(8)11)3-7(13)5-12;2*9-6-2-1-5(3-7(6)10)4-8(11)12;1-4(2)3;;/h3-5,7H,2,6H2,1H3;1-2,4H,3,5,12H2;1-3H,4H2;1-3H,4H2,(H,11,12);;2*1H. The average molecular weight is 1140 g/mol. The van der Waals surface area contributed by atoms with Gasteiger partial charge in [0, 0.05) is 40.6 Å². The van der Waals surface area contributed by atoms with Crippen molar-refractivity contribution in [3.63, 3.8) is 0 Å². The van der Waals surface area contributed by atoms with Crippen LogP contribution in [0.4, 0.5) is 0 Å². The topological polar surface area (TPSA) is 167 Å². The van der Waals surface area contributed by atoms with Crippen LogP contribution in [-0.2, 0) is 54.0 Å². The lowest BCUT2D eigenvalue weighted by Gasteiger charge is -2.03. The number of Topliss-reactive ketones (excluding diaryl/α,β-unsaturated/α-hetero) is 1. The summed E-state index contributed by atoms with van der Waals surface area (Å²) >= 11 is 51.1. The number of carboxylic acids is 1. The number of carboxylic acid groups (broad SMARTS) is 1. The summed E-state index contributed by atoms with van der Waals surface area (Å²) < 4.78 is 19.2. The van der Waals surface area contributed by atoms with E-state index in [1.54, 1.807) is 73.7 Å². The fourth-order valence-corrected chi connectivity index (χ4v) is 5.62. The zero-order valence-electron chi connectivity index (χ0n) is 31.5. The second-order valence-corrected chi connectivity index (χ2v) is 17.4. The summed E-state index contributed by atoms with van der Waals surface area (Å²) in [5, 5.41) is 11.7. The van der Waals surface area contributed by atoms with Crippen LogP contribution < -0.4 is 5.73 Å². The van der Waals surface area contributed by atoms with Crippen LogP contribution in [-0.4, -0.2) is 50.4 Å². The first kappa shape index (κ1) is 62.3. The molecule has 0 aliphatic carbocycles. The van der Waals surface area contributed by atoms with E-state index in [4.69, 9.17) is 129 Å². The molecule has 0 aliphatic heterocycles. The van der Waals surface area contributed by atoms with Crippen molar-refractivity contribution in [2.45, 2.75) is 32.6 Å². The minimum absolute atomic E-state index is 0. The van der Waals surface area contributed by atoms with E-state index in [2.05, 4.69) is 26.3 Å². The Kier molecular flexibility index (Phi) is 33.9. The highest BCUT2D eigenvalue weighted by molar-refractivity contribution is 8.26. The molecular weight excluding hydrogens is 1110 g/mol. The second kappa shape index (κ2) is 33.7. The first-order valence-corrected chi connectivity index (χ1v) is 22.6. The zero-order chi connectivity index (χ0) is 45.5. The first-order valence-electron chi connectivity index (χ1n) is 16.4. The molecule has 0 unspecified atom stereocenters. The van der Waals surface area contributed by atoms with Gasteiger partial charge in [-0.2, -0.15) is 0 Å². The van der Waals surface area contributed by atoms with Crippen molar-refractivity contribution < 1.29 is 37.6 Å². The number of hydrogen-bond acceptors (Lipinski definition) is 9. The van der Waals surface area contributed by atoms with Crippen molar-refractivity contribution in [1.82, 2.24) is 4.98 Å². The van der Waals surface area contributed by atoms with Crippen LogP contribution in [0, 0.1) is 0 Å². The predicted molar refractivity (Wildman–Crippen MR) is 259 cm³/mol. The Balaban J connectivity index is 0. The van der Waals surface area contributed by atoms with Crippen LogP contribution >= 0.6 is 151 Å². The highest BCUT2D eigenvalue weighted by Gasteiger charge is 2.18. The van der Waals surface area contributed by atoms with Crippen LogP contribution in [0.3, 0.4) is 0 Å². The summed E-state index contributed by atoms with van der Waals surface area (Å²) in [4.78, 5) is 47.3. The molecule has 62 heavy (non-hydrogen) atoms. The van der Waals surface area contributed by atoms with Gasteiger partial charge in [-0.3, -0.25) is 14.4 Å². The molecular formula is C38H33Cl13N2O8S. The number of aliphatic carboxylic acids is 1. The molecule has 0 bridgehead atoms. The maximum Gasteiger partial charge on any atom is 0.360 e. The molecule has 1 aromatic heterocycles. The molecule has 0 amide bonds. The molecule has 4 aromatic carbocycles. The normalized spacial score (nSPS) is 9.71. The fraction of sp³-hybridized carbons (Fsp3) is 0.184. The van der Waals surface area contributed by atoms with Gasteiger partial charge in [0.15, 0.2) is 17.9 Å². The minimum atomic E-state index is -1.67. The molecule has 0 spiro atoms. The number of halogens is 13. The lowest BCUT2D eigenvalue weighted by atomic mass is 10.1. The predicted octanol–water partition coefficient (Wildman–Crippen LogP) is 13.6. The molecule has 0 aliphatic rings. The molecule has 340 valence electrons. The van der Waals surface area contributed by atoms with E-state index >= 15 is 0 Å². The van der Waals surface area contributed by atoms with Crippen molar-refractivity contribution in [3.8, 4) is 0 Å². The lowest BCUT2D eigenvalue weighted by Crippen LogP contribution is -2.15. The van der Waals surface area contributed by atoms with Crippen LogP contribution in [0.5, 0.6) is 0 Å². The van der Waals surface area contributed by atoms with Gasteiger partial charge in [-0.25, -0.2) is 14.0 Å². The second-order valence-electron chi connectivity index (χ2n) is 11.2. The summed E-state index contributed by atoms with van der Waals surface area (Å²) in [5.41, 5.74) is 8.49. The van der Waals surface area contributed by atoms with Crippen molar-refractivity contribution in [1.29, 1.82) is 0 Å². The van der Waals surface area contributed by atoms with Gasteiger partial charge in [0.05, 0.1) is 59.8 Å². The average Bonchev–Trinajstić information content (AvgIpc) is 3.63. The number of carbonyl (C=O) groups excluding carboxylic acids is 3. The van der Waals surface area contributed by atoms with Crippen molar-refractivity contribution >= 4 is 183 Å². The molecule has 24 heteroatoms. The number of benzene rings is 4. The summed E-state index contributed by atoms with van der Waals surface area (Å²) in [6, 6.07) is 20.1. The van der Waals surface area contributed by atoms with Crippen molar-refractivity contribution in [2.24, 2.45) is 5.73 Å². The van der Waals surface area contributed by atoms with E-state index in [1.807, 2.05) is 6.07 Å². The van der Waals surface area contributed by atoms with Gasteiger partial charge in [-0.15, -0.1) is 24.8 Å². The zero-order valence-corrected chi connectivity index (χ0v) is 42.2. The third kappa shape index (κ3) is 26.3. The van der Waals surface area contributed by atoms with Gasteiger partial charge in [0.1, 0.15) is 5.76 Å². The first-order chi connectivity index (χ1) is 28.2. The third-order valence-electron chi connectivity index (χ3n) is 6.74. The molecule has 0 saturated carbocycles. The van der Waals surface area contributed by atoms with Crippen LogP contribution in [0.1, 0.15) is 45.4 Å². The summed E-state index contributed by atoms with van der Waals surface area (Å²) in [6.07, 6.45) is 2.08. The third-order valence-corrected chi connectivity index (χ3v) is 9.83. The molecule has 10 nitrogen and oxygen atoms in total. The van der Waals surface area contributed by atoms with Gasteiger partial charge < -0.3 is 20.0 Å². The molecule has 0 fully saturated rings. The van der Waals surface area contributed by atoms with Crippen LogP contribution in [0.15, 0.2) is 83.6 Å². The maximum absolute atomic E-state index is 11.6. The maximum atomic E-state index is 11.6. The Hall–Kier alpha value is -1.75. The molecule has 5 rings (SSSR count). The number of nitrogens with zero attached hydrogens (tertiary/aromatic N) is 1. The molecule has 5 aromatic rings. The minimum Gasteiger partial charge on any atom is -0.481 e. The summed E-state index contributed by atoms with van der Waals surface area (Å²) in [6.45, 7) is 2.08. The Morgan fingerprint density at radius 2 is 1.03 bits per heavy atom. The van der Waals surface area contributed by atoms with Gasteiger partial charge in [0.2, 0.25) is 14.5 Å². The monoisotopic (exact) mass is 1130 g/mol. The Labute approximate surface area is 426 Å². The van der Waals surface area contributed by atoms with Crippen LogP contribution in [0.2, 0.25) is 40.2 Å². The highest BCUT2D eigenvalue weighted by Crippen LogP contribution is 2.26. The molecule has 0 atom stereocenters. The van der Waals surface area contributed by atoms with Gasteiger partial charge in [-0.05, 0) is 89.3 Å². The summed E-state index contributed by atoms with van der Waals surface area (Å²) in [5.74, 6) is -0.949. The Morgan fingerprint density at radius 1 is 0.661 bits per heavy atom. The fourth-order valence-electron chi connectivity index (χ4n) is 4.18. The van der Waals surface area contributed by atoms with E-state index in [0.29, 0.717) is 64.3 Å². The number of oxazole rings is 1. The molecule has 3 N–H and O–H groups in total. The van der Waals surface area contributed by atoms with E-state index in [9.17, 15) is 19.2 Å². The smallest absolute Gasteiger partial charge is 0.360 e. The van der Waals surface area contributed by atoms with Crippen molar-refractivity contribution in [2.75, 3.05) is 13.2 Å². The highest BCUT2D eigenvalue weighted by atomic mass is 36.0. The largest absolute Gasteiger partial charge is 0.481 e. The Morgan fingerprint density at radius 3 is 1.39 bits per heavy atom. The molecule has 0 saturated heterocycles. The number of carbonyl (C=O) groups is 4. The van der Waals surface area contributed by atoms with E-state index in [0.717, 1.165) is 16.7 Å². The van der Waals surface area contributed by atoms with Crippen LogP contribution in [0.25, 0.3) is 0 Å². The Bertz CT molecular complexity index is 2180. The number of rotatable bonds is 11. The van der Waals surface area contributed by atoms with E-state index in [1.165, 1.54) is 6.39 Å². The SMILES string of the molecule is CCOC(=O)c1ncoc1Cc1ccc(Cl)c(Cl)c1.Cl.Cl.NCC(=O)Cc1ccc(Cl)c(Cl)c1.O=C(Cl)Cc1ccc(Cl)c(Cl)c1.O=C(O)Cc1ccc(Cl)c(Cl)c1.O=S(Cl)Cl. The van der Waals surface area contributed by atoms with Gasteiger partial charge >= 0.3 is 11.9 Å². The number of ketones is 1. The van der Waals surface area contributed by atoms with Gasteiger partial charge in [0.25, 0.3) is 0 Å². The number of aromatic nitrogens is 1. The van der Waals surface area contributed by atoms with Crippen molar-refractivity contribution in [3.05, 3.63) is 153 Å². The molecule has 0 radical (unpaired) electrons. The lowest BCUT2D eigenvalue weighted by molar-refractivity contribution is -0.136. The molecule has 1 heterocycles. The van der Waals surface area contributed by atoms with E-state index in [-0.39, 0.29) is 62.3 Å².